The Labute approximate surface area is 149 Å². The number of carbonyl (C=O) groups is 3. The van der Waals surface area contributed by atoms with Gasteiger partial charge in [-0.1, -0.05) is 19.8 Å². The van der Waals surface area contributed by atoms with Crippen molar-refractivity contribution < 1.29 is 24.0 Å². The van der Waals surface area contributed by atoms with Gasteiger partial charge in [0.1, 0.15) is 5.52 Å². The number of hydroxylamine groups is 1. The van der Waals surface area contributed by atoms with Gasteiger partial charge in [0.2, 0.25) is 23.6 Å². The molecular weight excluding hydrogens is 340 g/mol. The Morgan fingerprint density at radius 3 is 2.77 bits per heavy atom. The number of fused-ring (bicyclic) bond motifs is 1. The zero-order valence-corrected chi connectivity index (χ0v) is 14.4. The number of aromatic nitrogens is 1. The molecule has 26 heavy (non-hydrogen) atoms. The Kier molecular flexibility index (Phi) is 6.67. The summed E-state index contributed by atoms with van der Waals surface area (Å²) in [5, 5.41) is 11.3. The summed E-state index contributed by atoms with van der Waals surface area (Å²) in [7, 11) is 0. The molecule has 0 saturated carbocycles. The highest BCUT2D eigenvalue weighted by molar-refractivity contribution is 5.95. The second-order valence-electron chi connectivity index (χ2n) is 5.95. The van der Waals surface area contributed by atoms with Crippen LogP contribution in [0.4, 0.5) is 0 Å². The van der Waals surface area contributed by atoms with Crippen molar-refractivity contribution >= 4 is 28.8 Å². The SMILES string of the molecule is CCCC[C@H](CC(=O)NO)C(=O)NCc1nc2ccc(C(N)=O)cc2o1. The molecule has 9 heteroatoms. The van der Waals surface area contributed by atoms with Crippen molar-refractivity contribution in [3.8, 4) is 0 Å². The number of unbranched alkanes of at least 4 members (excludes halogenated alkanes) is 1. The van der Waals surface area contributed by atoms with E-state index >= 15 is 0 Å². The zero-order chi connectivity index (χ0) is 19.1. The van der Waals surface area contributed by atoms with Crippen LogP contribution < -0.4 is 16.5 Å². The average Bonchev–Trinajstić information content (AvgIpc) is 3.04. The third kappa shape index (κ3) is 5.03. The van der Waals surface area contributed by atoms with Crippen molar-refractivity contribution in [2.75, 3.05) is 0 Å². The van der Waals surface area contributed by atoms with E-state index in [1.54, 1.807) is 17.6 Å². The van der Waals surface area contributed by atoms with E-state index in [9.17, 15) is 14.4 Å². The Balaban J connectivity index is 2.02. The van der Waals surface area contributed by atoms with Gasteiger partial charge in [0.25, 0.3) is 0 Å². The number of nitrogens with one attached hydrogen (secondary N) is 2. The molecule has 0 aliphatic carbocycles. The fourth-order valence-electron chi connectivity index (χ4n) is 2.55. The lowest BCUT2D eigenvalue weighted by Crippen LogP contribution is -2.34. The third-order valence-electron chi connectivity index (χ3n) is 3.96. The number of amides is 3. The molecule has 1 heterocycles. The molecule has 0 aliphatic rings. The molecule has 3 amide bonds. The minimum atomic E-state index is -0.609. The van der Waals surface area contributed by atoms with Crippen molar-refractivity contribution in [1.82, 2.24) is 15.8 Å². The Hall–Kier alpha value is -2.94. The van der Waals surface area contributed by atoms with Crippen LogP contribution in [-0.4, -0.2) is 27.9 Å². The summed E-state index contributed by atoms with van der Waals surface area (Å²) in [4.78, 5) is 39.1. The van der Waals surface area contributed by atoms with Gasteiger partial charge in [0, 0.05) is 17.9 Å². The second kappa shape index (κ2) is 8.95. The van der Waals surface area contributed by atoms with Crippen LogP contribution in [0.5, 0.6) is 0 Å². The standard InChI is InChI=1S/C17H22N4O5/c1-2-3-4-11(8-14(22)21-25)17(24)19-9-15-20-12-6-5-10(16(18)23)7-13(12)26-15/h5-7,11,25H,2-4,8-9H2,1H3,(H2,18,23)(H,19,24)(H,21,22)/t11-/m1/s1. The molecule has 2 rings (SSSR count). The lowest BCUT2D eigenvalue weighted by molar-refractivity contribution is -0.135. The predicted molar refractivity (Wildman–Crippen MR) is 91.9 cm³/mol. The number of oxazole rings is 1. The number of carbonyl (C=O) groups excluding carboxylic acids is 3. The van der Waals surface area contributed by atoms with Gasteiger partial charge in [-0.15, -0.1) is 0 Å². The maximum absolute atomic E-state index is 12.3. The normalized spacial score (nSPS) is 11.9. The molecule has 0 radical (unpaired) electrons. The maximum Gasteiger partial charge on any atom is 0.248 e. The summed E-state index contributed by atoms with van der Waals surface area (Å²) in [6, 6.07) is 4.65. The van der Waals surface area contributed by atoms with Gasteiger partial charge in [-0.3, -0.25) is 19.6 Å². The Morgan fingerprint density at radius 1 is 1.35 bits per heavy atom. The summed E-state index contributed by atoms with van der Waals surface area (Å²) in [5.41, 5.74) is 8.01. The molecule has 0 saturated heterocycles. The highest BCUT2D eigenvalue weighted by atomic mass is 16.5. The molecule has 1 aromatic heterocycles. The van der Waals surface area contributed by atoms with Crippen molar-refractivity contribution in [1.29, 1.82) is 0 Å². The van der Waals surface area contributed by atoms with Crippen molar-refractivity contribution in [3.05, 3.63) is 29.7 Å². The molecule has 0 unspecified atom stereocenters. The van der Waals surface area contributed by atoms with Crippen molar-refractivity contribution in [3.63, 3.8) is 0 Å². The van der Waals surface area contributed by atoms with Crippen molar-refractivity contribution in [2.24, 2.45) is 11.7 Å². The number of primary amides is 1. The van der Waals surface area contributed by atoms with Gasteiger partial charge >= 0.3 is 0 Å². The van der Waals surface area contributed by atoms with E-state index in [4.69, 9.17) is 15.4 Å². The molecule has 0 bridgehead atoms. The smallest absolute Gasteiger partial charge is 0.248 e. The molecule has 0 fully saturated rings. The first-order valence-corrected chi connectivity index (χ1v) is 8.34. The maximum atomic E-state index is 12.3. The van der Waals surface area contributed by atoms with Gasteiger partial charge in [0.15, 0.2) is 5.58 Å². The summed E-state index contributed by atoms with van der Waals surface area (Å²) >= 11 is 0. The van der Waals surface area contributed by atoms with E-state index in [1.165, 1.54) is 6.07 Å². The summed E-state index contributed by atoms with van der Waals surface area (Å²) in [6.45, 7) is 2.03. The van der Waals surface area contributed by atoms with Crippen LogP contribution >= 0.6 is 0 Å². The first-order valence-electron chi connectivity index (χ1n) is 8.34. The van der Waals surface area contributed by atoms with Gasteiger partial charge < -0.3 is 15.5 Å². The number of rotatable bonds is 9. The largest absolute Gasteiger partial charge is 0.439 e. The third-order valence-corrected chi connectivity index (χ3v) is 3.96. The van der Waals surface area contributed by atoms with E-state index in [-0.39, 0.29) is 24.8 Å². The Morgan fingerprint density at radius 2 is 2.12 bits per heavy atom. The van der Waals surface area contributed by atoms with Gasteiger partial charge in [-0.2, -0.15) is 0 Å². The summed E-state index contributed by atoms with van der Waals surface area (Å²) < 4.78 is 5.52. The zero-order valence-electron chi connectivity index (χ0n) is 14.4. The lowest BCUT2D eigenvalue weighted by atomic mass is 9.97. The van der Waals surface area contributed by atoms with Crippen molar-refractivity contribution in [2.45, 2.75) is 39.2 Å². The molecule has 0 spiro atoms. The molecule has 0 aliphatic heterocycles. The molecule has 2 aromatic rings. The highest BCUT2D eigenvalue weighted by Gasteiger charge is 2.21. The van der Waals surface area contributed by atoms with E-state index in [1.807, 2.05) is 6.92 Å². The van der Waals surface area contributed by atoms with Crippen LogP contribution in [-0.2, 0) is 16.1 Å². The fraction of sp³-hybridized carbons (Fsp3) is 0.412. The monoisotopic (exact) mass is 362 g/mol. The number of benzene rings is 1. The Bertz CT molecular complexity index is 802. The molecule has 9 nitrogen and oxygen atoms in total. The van der Waals surface area contributed by atoms with Gasteiger partial charge in [-0.05, 0) is 24.6 Å². The number of nitrogens with two attached hydrogens (primary N) is 1. The van der Waals surface area contributed by atoms with E-state index < -0.39 is 17.7 Å². The first-order chi connectivity index (χ1) is 12.4. The number of nitrogens with zero attached hydrogens (tertiary/aromatic N) is 1. The topological polar surface area (TPSA) is 148 Å². The van der Waals surface area contributed by atoms with E-state index in [0.717, 1.165) is 12.8 Å². The van der Waals surface area contributed by atoms with Crippen LogP contribution in [0.2, 0.25) is 0 Å². The average molecular weight is 362 g/mol. The summed E-state index contributed by atoms with van der Waals surface area (Å²) in [5.74, 6) is -1.77. The van der Waals surface area contributed by atoms with Crippen LogP contribution in [0.3, 0.4) is 0 Å². The number of hydrogen-bond donors (Lipinski definition) is 4. The molecule has 140 valence electrons. The summed E-state index contributed by atoms with van der Waals surface area (Å²) in [6.07, 6.45) is 2.11. The quantitative estimate of drug-likeness (QED) is 0.390. The highest BCUT2D eigenvalue weighted by Crippen LogP contribution is 2.18. The first kappa shape index (κ1) is 19.4. The van der Waals surface area contributed by atoms with Crippen LogP contribution in [0, 0.1) is 5.92 Å². The molecule has 1 aromatic carbocycles. The van der Waals surface area contributed by atoms with Gasteiger partial charge in [0.05, 0.1) is 6.54 Å². The minimum absolute atomic E-state index is 0.0444. The molecule has 5 N–H and O–H groups in total. The van der Waals surface area contributed by atoms with Crippen LogP contribution in [0.25, 0.3) is 11.1 Å². The van der Waals surface area contributed by atoms with Crippen LogP contribution in [0.15, 0.2) is 22.6 Å². The minimum Gasteiger partial charge on any atom is -0.439 e. The second-order valence-corrected chi connectivity index (χ2v) is 5.95. The predicted octanol–water partition coefficient (Wildman–Crippen LogP) is 1.24. The van der Waals surface area contributed by atoms with E-state index in [0.29, 0.717) is 23.1 Å². The van der Waals surface area contributed by atoms with E-state index in [2.05, 4.69) is 10.3 Å². The molecular formula is C17H22N4O5. The lowest BCUT2D eigenvalue weighted by Gasteiger charge is -2.14. The van der Waals surface area contributed by atoms with Crippen LogP contribution in [0.1, 0.15) is 48.9 Å². The molecule has 1 atom stereocenters. The fourth-order valence-corrected chi connectivity index (χ4v) is 2.55. The van der Waals surface area contributed by atoms with Gasteiger partial charge in [-0.25, -0.2) is 10.5 Å². The number of hydrogen-bond acceptors (Lipinski definition) is 6.